The number of nitrogens with one attached hydrogen (secondary N) is 1. The van der Waals surface area contributed by atoms with Crippen LogP contribution in [0.3, 0.4) is 0 Å². The van der Waals surface area contributed by atoms with Crippen LogP contribution in [0.5, 0.6) is 0 Å². The lowest BCUT2D eigenvalue weighted by Gasteiger charge is -2.38. The highest BCUT2D eigenvalue weighted by molar-refractivity contribution is 5.67. The van der Waals surface area contributed by atoms with E-state index in [-0.39, 0.29) is 6.61 Å². The van der Waals surface area contributed by atoms with Crippen molar-refractivity contribution in [2.75, 3.05) is 30.4 Å². The Morgan fingerprint density at radius 3 is 3.00 bits per heavy atom. The minimum absolute atomic E-state index is 0.208. The fourth-order valence-corrected chi connectivity index (χ4v) is 2.63. The molecule has 0 bridgehead atoms. The Morgan fingerprint density at radius 1 is 1.50 bits per heavy atom. The third-order valence-electron chi connectivity index (χ3n) is 3.96. The molecule has 2 heterocycles. The van der Waals surface area contributed by atoms with E-state index in [2.05, 4.69) is 15.2 Å². The van der Waals surface area contributed by atoms with Gasteiger partial charge in [-0.05, 0) is 25.7 Å². The predicted molar refractivity (Wildman–Crippen MR) is 79.2 cm³/mol. The third-order valence-corrected chi connectivity index (χ3v) is 3.96. The molecule has 0 spiro atoms. The molecule has 0 amide bonds. The summed E-state index contributed by atoms with van der Waals surface area (Å²) in [5.41, 5.74) is 0.883. The average molecular weight is 275 g/mol. The normalized spacial score (nSPS) is 15.3. The second-order valence-corrected chi connectivity index (χ2v) is 5.21. The molecule has 6 heteroatoms. The van der Waals surface area contributed by atoms with Crippen LogP contribution in [0.15, 0.2) is 18.6 Å². The molecule has 108 valence electrons. The van der Waals surface area contributed by atoms with Crippen molar-refractivity contribution in [3.8, 4) is 0 Å². The number of fused-ring (bicyclic) bond motifs is 1. The molecule has 0 aromatic carbocycles. The lowest BCUT2D eigenvalue weighted by atomic mass is 9.91. The molecule has 20 heavy (non-hydrogen) atoms. The lowest BCUT2D eigenvalue weighted by molar-refractivity contribution is 0.282. The Kier molecular flexibility index (Phi) is 3.73. The molecule has 0 radical (unpaired) electrons. The van der Waals surface area contributed by atoms with E-state index in [0.717, 1.165) is 30.2 Å². The molecule has 2 N–H and O–H groups in total. The van der Waals surface area contributed by atoms with E-state index in [0.29, 0.717) is 6.04 Å². The van der Waals surface area contributed by atoms with Gasteiger partial charge in [0, 0.05) is 38.6 Å². The highest BCUT2D eigenvalue weighted by Gasteiger charge is 2.27. The number of aliphatic hydroxyl groups excluding tert-OH is 1. The summed E-state index contributed by atoms with van der Waals surface area (Å²) in [6, 6.07) is 0.529. The molecule has 0 saturated heterocycles. The highest BCUT2D eigenvalue weighted by atomic mass is 16.3. The number of hydrogen-bond acceptors (Lipinski definition) is 5. The van der Waals surface area contributed by atoms with E-state index >= 15 is 0 Å². The lowest BCUT2D eigenvalue weighted by Crippen LogP contribution is -2.42. The first kappa shape index (κ1) is 13.2. The van der Waals surface area contributed by atoms with Gasteiger partial charge in [-0.2, -0.15) is 0 Å². The first-order chi connectivity index (χ1) is 9.83. The summed E-state index contributed by atoms with van der Waals surface area (Å²) in [4.78, 5) is 11.4. The maximum atomic E-state index is 9.13. The van der Waals surface area contributed by atoms with Gasteiger partial charge in [0.15, 0.2) is 11.5 Å². The van der Waals surface area contributed by atoms with Crippen molar-refractivity contribution in [2.24, 2.45) is 0 Å². The first-order valence-electron chi connectivity index (χ1n) is 7.22. The van der Waals surface area contributed by atoms with E-state index in [9.17, 15) is 0 Å². The molecule has 1 saturated carbocycles. The van der Waals surface area contributed by atoms with Gasteiger partial charge in [-0.3, -0.25) is 0 Å². The Labute approximate surface area is 118 Å². The van der Waals surface area contributed by atoms with E-state index in [1.54, 1.807) is 6.20 Å². The number of rotatable bonds is 6. The summed E-state index contributed by atoms with van der Waals surface area (Å²) in [6.07, 6.45) is 10.1. The Hall–Kier alpha value is -1.82. The molecular weight excluding hydrogens is 254 g/mol. The summed E-state index contributed by atoms with van der Waals surface area (Å²) >= 11 is 0. The van der Waals surface area contributed by atoms with Gasteiger partial charge in [0.2, 0.25) is 0 Å². The SMILES string of the molecule is CNc1cn2ccnc2c(N(CCCO)C2CCC2)n1. The van der Waals surface area contributed by atoms with Gasteiger partial charge in [0.25, 0.3) is 0 Å². The van der Waals surface area contributed by atoms with Crippen LogP contribution in [-0.4, -0.2) is 45.7 Å². The van der Waals surface area contributed by atoms with Gasteiger partial charge in [-0.1, -0.05) is 0 Å². The van der Waals surface area contributed by atoms with Gasteiger partial charge in [-0.25, -0.2) is 9.97 Å². The Balaban J connectivity index is 2.01. The second kappa shape index (κ2) is 5.66. The fourth-order valence-electron chi connectivity index (χ4n) is 2.63. The predicted octanol–water partition coefficient (Wildman–Crippen LogP) is 1.51. The van der Waals surface area contributed by atoms with Crippen molar-refractivity contribution in [1.29, 1.82) is 0 Å². The topological polar surface area (TPSA) is 65.7 Å². The van der Waals surface area contributed by atoms with E-state index in [4.69, 9.17) is 10.1 Å². The van der Waals surface area contributed by atoms with Crippen LogP contribution in [0.2, 0.25) is 0 Å². The quantitative estimate of drug-likeness (QED) is 0.836. The van der Waals surface area contributed by atoms with E-state index in [1.165, 1.54) is 19.3 Å². The number of aromatic nitrogens is 3. The van der Waals surface area contributed by atoms with E-state index in [1.807, 2.05) is 23.8 Å². The zero-order valence-electron chi connectivity index (χ0n) is 11.8. The van der Waals surface area contributed by atoms with Gasteiger partial charge in [0.05, 0.1) is 6.20 Å². The van der Waals surface area contributed by atoms with Crippen molar-refractivity contribution in [2.45, 2.75) is 31.7 Å². The first-order valence-corrected chi connectivity index (χ1v) is 7.22. The summed E-state index contributed by atoms with van der Waals surface area (Å²) < 4.78 is 2.00. The standard InChI is InChI=1S/C14H21N5O/c1-15-12-10-18-8-6-16-13(18)14(17-12)19(7-3-9-20)11-4-2-5-11/h6,8,10-11,15,20H,2-5,7,9H2,1H3. The molecule has 1 aliphatic rings. The van der Waals surface area contributed by atoms with E-state index < -0.39 is 0 Å². The van der Waals surface area contributed by atoms with Crippen molar-refractivity contribution in [1.82, 2.24) is 14.4 Å². The Morgan fingerprint density at radius 2 is 2.35 bits per heavy atom. The van der Waals surface area contributed by atoms with Crippen LogP contribution in [-0.2, 0) is 0 Å². The largest absolute Gasteiger partial charge is 0.396 e. The second-order valence-electron chi connectivity index (χ2n) is 5.21. The molecule has 3 rings (SSSR count). The van der Waals surface area contributed by atoms with Crippen LogP contribution in [0.4, 0.5) is 11.6 Å². The number of anilines is 2. The summed E-state index contributed by atoms with van der Waals surface area (Å²) in [7, 11) is 1.87. The van der Waals surface area contributed by atoms with Crippen LogP contribution < -0.4 is 10.2 Å². The van der Waals surface area contributed by atoms with Crippen LogP contribution in [0.25, 0.3) is 5.65 Å². The molecule has 2 aromatic heterocycles. The minimum Gasteiger partial charge on any atom is -0.396 e. The number of nitrogens with zero attached hydrogens (tertiary/aromatic N) is 4. The van der Waals surface area contributed by atoms with Crippen molar-refractivity contribution in [3.63, 3.8) is 0 Å². The monoisotopic (exact) mass is 275 g/mol. The molecule has 0 aliphatic heterocycles. The highest BCUT2D eigenvalue weighted by Crippen LogP contribution is 2.31. The molecule has 6 nitrogen and oxygen atoms in total. The Bertz CT molecular complexity index is 578. The maximum Gasteiger partial charge on any atom is 0.180 e. The van der Waals surface area contributed by atoms with Crippen molar-refractivity contribution < 1.29 is 5.11 Å². The van der Waals surface area contributed by atoms with Gasteiger partial charge in [-0.15, -0.1) is 0 Å². The van der Waals surface area contributed by atoms with Crippen molar-refractivity contribution >= 4 is 17.3 Å². The number of hydrogen-bond donors (Lipinski definition) is 2. The zero-order valence-corrected chi connectivity index (χ0v) is 11.8. The average Bonchev–Trinajstić information content (AvgIpc) is 2.88. The third kappa shape index (κ3) is 2.31. The number of imidazole rings is 1. The smallest absolute Gasteiger partial charge is 0.180 e. The number of aliphatic hydroxyl groups is 1. The molecule has 1 fully saturated rings. The van der Waals surface area contributed by atoms with Gasteiger partial charge in [0.1, 0.15) is 5.82 Å². The molecule has 0 unspecified atom stereocenters. The zero-order chi connectivity index (χ0) is 13.9. The minimum atomic E-state index is 0.208. The van der Waals surface area contributed by atoms with Crippen LogP contribution in [0.1, 0.15) is 25.7 Å². The summed E-state index contributed by atoms with van der Waals surface area (Å²) in [5.74, 6) is 1.75. The van der Waals surface area contributed by atoms with Crippen LogP contribution in [0, 0.1) is 0 Å². The maximum absolute atomic E-state index is 9.13. The van der Waals surface area contributed by atoms with Gasteiger partial charge < -0.3 is 19.7 Å². The summed E-state index contributed by atoms with van der Waals surface area (Å²) in [6.45, 7) is 1.03. The summed E-state index contributed by atoms with van der Waals surface area (Å²) in [5, 5.41) is 12.2. The van der Waals surface area contributed by atoms with Crippen molar-refractivity contribution in [3.05, 3.63) is 18.6 Å². The van der Waals surface area contributed by atoms with Gasteiger partial charge >= 0.3 is 0 Å². The molecule has 0 atom stereocenters. The molecular formula is C14H21N5O. The van der Waals surface area contributed by atoms with Crippen LogP contribution >= 0.6 is 0 Å². The molecule has 2 aromatic rings. The molecule has 1 aliphatic carbocycles. The fraction of sp³-hybridized carbons (Fsp3) is 0.571.